The van der Waals surface area contributed by atoms with Crippen molar-refractivity contribution in [3.63, 3.8) is 0 Å². The van der Waals surface area contributed by atoms with E-state index in [1.54, 1.807) is 0 Å². The van der Waals surface area contributed by atoms with Gasteiger partial charge >= 0.3 is 0 Å². The van der Waals surface area contributed by atoms with Gasteiger partial charge in [-0.1, -0.05) is 0 Å². The third-order valence-electron chi connectivity index (χ3n) is 2.62. The Bertz CT molecular complexity index is 233. The van der Waals surface area contributed by atoms with Gasteiger partial charge in [0.1, 0.15) is 0 Å². The van der Waals surface area contributed by atoms with Crippen molar-refractivity contribution in [2.24, 2.45) is 5.92 Å². The highest BCUT2D eigenvalue weighted by Gasteiger charge is 2.25. The first-order valence-electron chi connectivity index (χ1n) is 5.73. The van der Waals surface area contributed by atoms with Crippen LogP contribution in [0.3, 0.4) is 0 Å². The minimum absolute atomic E-state index is 0.00809. The second-order valence-corrected chi connectivity index (χ2v) is 5.50. The summed E-state index contributed by atoms with van der Waals surface area (Å²) in [7, 11) is 0. The first kappa shape index (κ1) is 13.8. The maximum Gasteiger partial charge on any atom is 0.246 e. The summed E-state index contributed by atoms with van der Waals surface area (Å²) in [6.07, 6.45) is 1.78. The zero-order chi connectivity index (χ0) is 12.2. The molecule has 0 radical (unpaired) electrons. The molecule has 1 aliphatic rings. The van der Waals surface area contributed by atoms with Gasteiger partial charge in [0.15, 0.2) is 0 Å². The van der Waals surface area contributed by atoms with E-state index >= 15 is 0 Å². The maximum atomic E-state index is 11.8. The number of likely N-dealkylation sites (tertiary alicyclic amines) is 1. The molecule has 0 atom stereocenters. The smallest absolute Gasteiger partial charge is 0.246 e. The topological polar surface area (TPSA) is 41.6 Å². The van der Waals surface area contributed by atoms with E-state index in [0.717, 1.165) is 31.8 Å². The second-order valence-electron chi connectivity index (χ2n) is 5.21. The van der Waals surface area contributed by atoms with E-state index < -0.39 is 0 Å². The van der Waals surface area contributed by atoms with Gasteiger partial charge in [0, 0.05) is 11.8 Å². The van der Waals surface area contributed by atoms with Crippen molar-refractivity contribution < 1.29 is 9.63 Å². The van der Waals surface area contributed by atoms with Crippen LogP contribution < -0.4 is 5.48 Å². The van der Waals surface area contributed by atoms with Crippen LogP contribution >= 0.6 is 12.6 Å². The Hall–Kier alpha value is -0.260. The number of thiol groups is 1. The minimum Gasteiger partial charge on any atom is -0.294 e. The molecule has 1 fully saturated rings. The minimum atomic E-state index is -0.332. The third kappa shape index (κ3) is 4.72. The molecule has 1 amide bonds. The summed E-state index contributed by atoms with van der Waals surface area (Å²) in [5, 5.41) is 0. The molecule has 0 saturated carbocycles. The van der Waals surface area contributed by atoms with Crippen LogP contribution in [0.15, 0.2) is 0 Å². The summed E-state index contributed by atoms with van der Waals surface area (Å²) in [5.74, 6) is 0.861. The molecule has 0 aromatic rings. The summed E-state index contributed by atoms with van der Waals surface area (Å²) in [6.45, 7) is 7.62. The zero-order valence-electron chi connectivity index (χ0n) is 10.3. The van der Waals surface area contributed by atoms with Crippen molar-refractivity contribution >= 4 is 18.5 Å². The Morgan fingerprint density at radius 1 is 1.44 bits per heavy atom. The van der Waals surface area contributed by atoms with Crippen molar-refractivity contribution in [2.75, 3.05) is 19.0 Å². The van der Waals surface area contributed by atoms with E-state index in [1.165, 1.54) is 0 Å². The van der Waals surface area contributed by atoms with E-state index in [9.17, 15) is 4.79 Å². The fourth-order valence-corrected chi connectivity index (χ4v) is 1.91. The Morgan fingerprint density at radius 2 is 2.00 bits per heavy atom. The molecule has 0 spiro atoms. The molecule has 0 bridgehead atoms. The van der Waals surface area contributed by atoms with Gasteiger partial charge in [-0.05, 0) is 46.7 Å². The van der Waals surface area contributed by atoms with Crippen molar-refractivity contribution in [3.8, 4) is 0 Å². The molecule has 94 valence electrons. The zero-order valence-corrected chi connectivity index (χ0v) is 11.2. The fourth-order valence-electron chi connectivity index (χ4n) is 1.62. The summed E-state index contributed by atoms with van der Waals surface area (Å²) in [5.41, 5.74) is 2.22. The summed E-state index contributed by atoms with van der Waals surface area (Å²) in [4.78, 5) is 19.3. The van der Waals surface area contributed by atoms with E-state index in [0.29, 0.717) is 0 Å². The molecule has 0 unspecified atom stereocenters. The molecule has 1 aliphatic heterocycles. The summed E-state index contributed by atoms with van der Waals surface area (Å²) >= 11 is 4.22. The van der Waals surface area contributed by atoms with Crippen molar-refractivity contribution in [3.05, 3.63) is 0 Å². The number of carbonyl (C=O) groups excluding carboxylic acids is 1. The van der Waals surface area contributed by atoms with Gasteiger partial charge in [-0.25, -0.2) is 5.48 Å². The van der Waals surface area contributed by atoms with Crippen molar-refractivity contribution in [1.82, 2.24) is 10.4 Å². The van der Waals surface area contributed by atoms with Crippen LogP contribution in [0.1, 0.15) is 33.6 Å². The van der Waals surface area contributed by atoms with E-state index in [1.807, 2.05) is 20.8 Å². The van der Waals surface area contributed by atoms with E-state index in [-0.39, 0.29) is 17.4 Å². The Kier molecular flexibility index (Phi) is 5.08. The number of nitrogens with zero attached hydrogens (tertiary/aromatic N) is 1. The van der Waals surface area contributed by atoms with Crippen LogP contribution in [-0.2, 0) is 9.63 Å². The number of hydrogen-bond donors (Lipinski definition) is 2. The number of carbonyl (C=O) groups is 1. The van der Waals surface area contributed by atoms with Crippen LogP contribution in [0.4, 0.5) is 0 Å². The predicted molar refractivity (Wildman–Crippen MR) is 67.1 cm³/mol. The predicted octanol–water partition coefficient (Wildman–Crippen LogP) is 1.43. The summed E-state index contributed by atoms with van der Waals surface area (Å²) in [6, 6.07) is 0. The second kappa shape index (κ2) is 5.89. The Morgan fingerprint density at radius 3 is 2.44 bits per heavy atom. The summed E-state index contributed by atoms with van der Waals surface area (Å²) < 4.78 is 0. The van der Waals surface area contributed by atoms with E-state index in [2.05, 4.69) is 23.0 Å². The molecular formula is C11H22N2O2S. The van der Waals surface area contributed by atoms with Crippen molar-refractivity contribution in [2.45, 2.75) is 39.2 Å². The molecule has 0 aromatic carbocycles. The number of nitrogens with one attached hydrogen (secondary N) is 1. The molecule has 16 heavy (non-hydrogen) atoms. The quantitative estimate of drug-likeness (QED) is 0.585. The first-order valence-corrected chi connectivity index (χ1v) is 6.36. The number of amides is 1. The van der Waals surface area contributed by atoms with Gasteiger partial charge < -0.3 is 0 Å². The highest BCUT2D eigenvalue weighted by atomic mass is 32.1. The molecule has 0 aromatic heterocycles. The molecule has 4 nitrogen and oxygen atoms in total. The lowest BCUT2D eigenvalue weighted by Gasteiger charge is -2.30. The Labute approximate surface area is 103 Å². The van der Waals surface area contributed by atoms with Gasteiger partial charge in [-0.3, -0.25) is 14.5 Å². The lowest BCUT2D eigenvalue weighted by Crippen LogP contribution is -2.42. The lowest BCUT2D eigenvalue weighted by molar-refractivity contribution is -0.151. The van der Waals surface area contributed by atoms with Crippen LogP contribution in [0.5, 0.6) is 0 Å². The molecule has 0 aliphatic carbocycles. The van der Waals surface area contributed by atoms with Crippen LogP contribution in [-0.4, -0.2) is 35.4 Å². The fraction of sp³-hybridized carbons (Fsp3) is 0.909. The monoisotopic (exact) mass is 246 g/mol. The molecule has 1 rings (SSSR count). The number of piperidine rings is 1. The van der Waals surface area contributed by atoms with Gasteiger partial charge in [-0.15, -0.1) is 0 Å². The van der Waals surface area contributed by atoms with Gasteiger partial charge in [0.25, 0.3) is 0 Å². The van der Waals surface area contributed by atoms with Gasteiger partial charge in [-0.2, -0.15) is 12.6 Å². The van der Waals surface area contributed by atoms with Gasteiger partial charge in [0.2, 0.25) is 5.91 Å². The van der Waals surface area contributed by atoms with Crippen molar-refractivity contribution in [1.29, 1.82) is 0 Å². The number of rotatable bonds is 3. The average molecular weight is 246 g/mol. The van der Waals surface area contributed by atoms with Crippen LogP contribution in [0.25, 0.3) is 0 Å². The normalized spacial score (nSPS) is 19.8. The lowest BCUT2D eigenvalue weighted by atomic mass is 9.97. The van der Waals surface area contributed by atoms with Gasteiger partial charge in [0.05, 0.1) is 5.60 Å². The largest absolute Gasteiger partial charge is 0.294 e. The average Bonchev–Trinajstić information content (AvgIpc) is 2.25. The SMILES string of the molecule is CC(C)(C)ONC(=O)C1CCN(CS)CC1. The first-order chi connectivity index (χ1) is 7.42. The number of hydrogen-bond acceptors (Lipinski definition) is 4. The van der Waals surface area contributed by atoms with Crippen LogP contribution in [0.2, 0.25) is 0 Å². The Balaban J connectivity index is 2.28. The highest BCUT2D eigenvalue weighted by Crippen LogP contribution is 2.17. The highest BCUT2D eigenvalue weighted by molar-refractivity contribution is 7.80. The standard InChI is InChI=1S/C11H22N2O2S/c1-11(2,3)15-12-10(14)9-4-6-13(8-16)7-5-9/h9,16H,4-8H2,1-3H3,(H,12,14). The van der Waals surface area contributed by atoms with E-state index in [4.69, 9.17) is 4.84 Å². The molecule has 1 heterocycles. The molecule has 1 saturated heterocycles. The molecule has 5 heteroatoms. The third-order valence-corrected chi connectivity index (χ3v) is 3.02. The molecular weight excluding hydrogens is 224 g/mol. The van der Waals surface area contributed by atoms with Crippen LogP contribution in [0, 0.1) is 5.92 Å². The molecule has 1 N–H and O–H groups in total. The number of hydroxylamine groups is 1. The maximum absolute atomic E-state index is 11.8.